The number of nitrogens with zero attached hydrogens (tertiary/aromatic N) is 2. The quantitative estimate of drug-likeness (QED) is 0.846. The van der Waals surface area contributed by atoms with Crippen LogP contribution in [0.25, 0.3) is 0 Å². The fraction of sp³-hybridized carbons (Fsp3) is 0.100. The van der Waals surface area contributed by atoms with E-state index < -0.39 is 5.97 Å². The van der Waals surface area contributed by atoms with Gasteiger partial charge in [-0.15, -0.1) is 11.3 Å². The molecule has 0 aliphatic rings. The number of anilines is 2. The predicted octanol–water partition coefficient (Wildman–Crippen LogP) is 1.91. The molecule has 0 fully saturated rings. The summed E-state index contributed by atoms with van der Waals surface area (Å²) in [5, 5.41) is 14.0. The highest BCUT2D eigenvalue weighted by atomic mass is 32.1. The van der Waals surface area contributed by atoms with E-state index in [1.807, 2.05) is 12.1 Å². The fourth-order valence-corrected chi connectivity index (χ4v) is 1.89. The van der Waals surface area contributed by atoms with E-state index in [0.29, 0.717) is 10.8 Å². The molecule has 5 nitrogen and oxygen atoms in total. The normalized spacial score (nSPS) is 10.0. The summed E-state index contributed by atoms with van der Waals surface area (Å²) in [7, 11) is 0. The van der Waals surface area contributed by atoms with Gasteiger partial charge in [0.1, 0.15) is 0 Å². The van der Waals surface area contributed by atoms with E-state index in [1.54, 1.807) is 17.8 Å². The zero-order valence-corrected chi connectivity index (χ0v) is 9.07. The Labute approximate surface area is 95.8 Å². The molecule has 0 spiro atoms. The number of carboxylic acids is 1. The SMILES string of the molecule is O=C(O)Cc1csc(Nc2cccnc2)n1. The molecule has 2 aromatic rings. The standard InChI is InChI=1S/C10H9N3O2S/c14-9(15)4-8-6-16-10(13-8)12-7-2-1-3-11-5-7/h1-3,5-6H,4H2,(H,12,13)(H,14,15). The smallest absolute Gasteiger partial charge is 0.309 e. The van der Waals surface area contributed by atoms with Crippen molar-refractivity contribution < 1.29 is 9.90 Å². The van der Waals surface area contributed by atoms with Crippen LogP contribution in [0.3, 0.4) is 0 Å². The molecule has 0 saturated carbocycles. The maximum absolute atomic E-state index is 10.5. The fourth-order valence-electron chi connectivity index (χ4n) is 1.16. The van der Waals surface area contributed by atoms with E-state index in [-0.39, 0.29) is 6.42 Å². The van der Waals surface area contributed by atoms with E-state index in [2.05, 4.69) is 15.3 Å². The lowest BCUT2D eigenvalue weighted by molar-refractivity contribution is -0.136. The van der Waals surface area contributed by atoms with Gasteiger partial charge in [0.2, 0.25) is 0 Å². The number of carbonyl (C=O) groups is 1. The van der Waals surface area contributed by atoms with Crippen molar-refractivity contribution in [1.29, 1.82) is 0 Å². The van der Waals surface area contributed by atoms with Gasteiger partial charge in [-0.2, -0.15) is 0 Å². The van der Waals surface area contributed by atoms with Gasteiger partial charge in [-0.05, 0) is 12.1 Å². The first-order chi connectivity index (χ1) is 7.74. The number of rotatable bonds is 4. The number of pyridine rings is 1. The number of hydrogen-bond acceptors (Lipinski definition) is 5. The molecule has 0 saturated heterocycles. The molecule has 2 aromatic heterocycles. The van der Waals surface area contributed by atoms with Gasteiger partial charge in [-0.3, -0.25) is 9.78 Å². The Balaban J connectivity index is 2.06. The molecular formula is C10H9N3O2S. The lowest BCUT2D eigenvalue weighted by atomic mass is 10.3. The van der Waals surface area contributed by atoms with Crippen molar-refractivity contribution in [1.82, 2.24) is 9.97 Å². The molecule has 0 amide bonds. The Hall–Kier alpha value is -1.95. The highest BCUT2D eigenvalue weighted by Gasteiger charge is 2.05. The molecule has 16 heavy (non-hydrogen) atoms. The Morgan fingerprint density at radius 3 is 3.12 bits per heavy atom. The Bertz CT molecular complexity index is 484. The van der Waals surface area contributed by atoms with Crippen LogP contribution in [0.1, 0.15) is 5.69 Å². The number of aliphatic carboxylic acids is 1. The minimum Gasteiger partial charge on any atom is -0.481 e. The number of nitrogens with one attached hydrogen (secondary N) is 1. The molecule has 82 valence electrons. The van der Waals surface area contributed by atoms with Crippen LogP contribution in [0.5, 0.6) is 0 Å². The second-order valence-electron chi connectivity index (χ2n) is 3.08. The number of thiazole rings is 1. The van der Waals surface area contributed by atoms with E-state index >= 15 is 0 Å². The molecule has 0 bridgehead atoms. The van der Waals surface area contributed by atoms with Crippen molar-refractivity contribution in [3.05, 3.63) is 35.6 Å². The monoisotopic (exact) mass is 235 g/mol. The first-order valence-corrected chi connectivity index (χ1v) is 5.45. The van der Waals surface area contributed by atoms with Crippen LogP contribution >= 0.6 is 11.3 Å². The summed E-state index contributed by atoms with van der Waals surface area (Å²) in [5.74, 6) is -0.877. The molecule has 0 aliphatic heterocycles. The molecule has 2 rings (SSSR count). The third-order valence-corrected chi connectivity index (χ3v) is 2.60. The molecule has 0 unspecified atom stereocenters. The Kier molecular flexibility index (Phi) is 3.11. The molecular weight excluding hydrogens is 226 g/mol. The first kappa shape index (κ1) is 10.6. The second-order valence-corrected chi connectivity index (χ2v) is 3.94. The Morgan fingerprint density at radius 1 is 1.56 bits per heavy atom. The summed E-state index contributed by atoms with van der Waals surface area (Å²) in [6, 6.07) is 3.68. The molecule has 0 aliphatic carbocycles. The molecule has 0 aromatic carbocycles. The number of aromatic nitrogens is 2. The van der Waals surface area contributed by atoms with Gasteiger partial charge in [0.15, 0.2) is 5.13 Å². The summed E-state index contributed by atoms with van der Waals surface area (Å²) >= 11 is 1.37. The summed E-state index contributed by atoms with van der Waals surface area (Å²) < 4.78 is 0. The minimum atomic E-state index is -0.877. The summed E-state index contributed by atoms with van der Waals surface area (Å²) in [6.07, 6.45) is 3.31. The maximum Gasteiger partial charge on any atom is 0.309 e. The van der Waals surface area contributed by atoms with Gasteiger partial charge >= 0.3 is 5.97 Å². The van der Waals surface area contributed by atoms with E-state index in [4.69, 9.17) is 5.11 Å². The van der Waals surface area contributed by atoms with Crippen molar-refractivity contribution in [3.63, 3.8) is 0 Å². The van der Waals surface area contributed by atoms with Crippen LogP contribution < -0.4 is 5.32 Å². The first-order valence-electron chi connectivity index (χ1n) is 4.57. The molecule has 0 radical (unpaired) electrons. The average Bonchev–Trinajstić information content (AvgIpc) is 2.66. The van der Waals surface area contributed by atoms with Crippen molar-refractivity contribution in [2.75, 3.05) is 5.32 Å². The van der Waals surface area contributed by atoms with Gasteiger partial charge in [0.25, 0.3) is 0 Å². The zero-order chi connectivity index (χ0) is 11.4. The van der Waals surface area contributed by atoms with Gasteiger partial charge in [-0.25, -0.2) is 4.98 Å². The maximum atomic E-state index is 10.5. The topological polar surface area (TPSA) is 75.1 Å². The van der Waals surface area contributed by atoms with Crippen molar-refractivity contribution in [3.8, 4) is 0 Å². The van der Waals surface area contributed by atoms with Crippen LogP contribution in [-0.2, 0) is 11.2 Å². The van der Waals surface area contributed by atoms with Crippen molar-refractivity contribution >= 4 is 28.1 Å². The minimum absolute atomic E-state index is 0.0504. The Morgan fingerprint density at radius 2 is 2.44 bits per heavy atom. The zero-order valence-electron chi connectivity index (χ0n) is 8.25. The van der Waals surface area contributed by atoms with Crippen LogP contribution in [0, 0.1) is 0 Å². The lowest BCUT2D eigenvalue weighted by Gasteiger charge is -1.99. The van der Waals surface area contributed by atoms with Gasteiger partial charge in [0.05, 0.1) is 24.0 Å². The van der Waals surface area contributed by atoms with Crippen LogP contribution in [0.2, 0.25) is 0 Å². The van der Waals surface area contributed by atoms with Gasteiger partial charge in [0, 0.05) is 11.6 Å². The van der Waals surface area contributed by atoms with Gasteiger partial charge < -0.3 is 10.4 Å². The van der Waals surface area contributed by atoms with Crippen molar-refractivity contribution in [2.45, 2.75) is 6.42 Å². The molecule has 2 N–H and O–H groups in total. The van der Waals surface area contributed by atoms with E-state index in [9.17, 15) is 4.79 Å². The highest BCUT2D eigenvalue weighted by molar-refractivity contribution is 7.13. The second kappa shape index (κ2) is 4.71. The van der Waals surface area contributed by atoms with Crippen LogP contribution in [0.15, 0.2) is 29.9 Å². The third-order valence-electron chi connectivity index (χ3n) is 1.80. The van der Waals surface area contributed by atoms with Crippen molar-refractivity contribution in [2.24, 2.45) is 0 Å². The third kappa shape index (κ3) is 2.77. The van der Waals surface area contributed by atoms with E-state index in [1.165, 1.54) is 11.3 Å². The molecule has 0 atom stereocenters. The lowest BCUT2D eigenvalue weighted by Crippen LogP contribution is -2.00. The summed E-state index contributed by atoms with van der Waals surface area (Å²) in [5.41, 5.74) is 1.39. The molecule has 2 heterocycles. The van der Waals surface area contributed by atoms with E-state index in [0.717, 1.165) is 5.69 Å². The van der Waals surface area contributed by atoms with Gasteiger partial charge in [-0.1, -0.05) is 0 Å². The predicted molar refractivity (Wildman–Crippen MR) is 61.0 cm³/mol. The summed E-state index contributed by atoms with van der Waals surface area (Å²) in [4.78, 5) is 18.6. The molecule has 6 heteroatoms. The largest absolute Gasteiger partial charge is 0.481 e. The number of hydrogen-bond donors (Lipinski definition) is 2. The number of carboxylic acid groups (broad SMARTS) is 1. The van der Waals surface area contributed by atoms with Crippen LogP contribution in [-0.4, -0.2) is 21.0 Å². The summed E-state index contributed by atoms with van der Waals surface area (Å²) in [6.45, 7) is 0. The van der Waals surface area contributed by atoms with Crippen LogP contribution in [0.4, 0.5) is 10.8 Å². The average molecular weight is 235 g/mol. The highest BCUT2D eigenvalue weighted by Crippen LogP contribution is 2.20.